The summed E-state index contributed by atoms with van der Waals surface area (Å²) in [6.45, 7) is 1.04. The molecule has 0 aliphatic carbocycles. The van der Waals surface area contributed by atoms with Gasteiger partial charge in [-0.05, 0) is 84.2 Å². The van der Waals surface area contributed by atoms with Gasteiger partial charge < -0.3 is 31.1 Å². The van der Waals surface area contributed by atoms with E-state index in [0.29, 0.717) is 36.4 Å². The summed E-state index contributed by atoms with van der Waals surface area (Å²) in [4.78, 5) is 0.555. The molecule has 39 nitrogen and oxygen atoms in total. The number of hydrogen-bond acceptors (Lipinski definition) is 30. The highest BCUT2D eigenvalue weighted by atomic mass is 32.2. The largest absolute Gasteiger partial charge is 0.505 e. The highest BCUT2D eigenvalue weighted by Gasteiger charge is 2.33. The van der Waals surface area contributed by atoms with Crippen LogP contribution in [0.25, 0.3) is 32.3 Å². The van der Waals surface area contributed by atoms with Gasteiger partial charge in [-0.3, -0.25) is 41.2 Å². The molecule has 1 amide bonds. The van der Waals surface area contributed by atoms with Crippen LogP contribution in [-0.4, -0.2) is 132 Å². The molecule has 0 fully saturated rings. The minimum Gasteiger partial charge on any atom is -0.505 e. The number of azo groups is 4. The van der Waals surface area contributed by atoms with Gasteiger partial charge in [0.15, 0.2) is 17.2 Å². The number of phenols is 3. The van der Waals surface area contributed by atoms with Gasteiger partial charge in [0.2, 0.25) is 5.91 Å². The number of nitrogens with one attached hydrogen (secondary N) is 1. The van der Waals surface area contributed by atoms with Crippen LogP contribution < -0.4 is 15.8 Å². The van der Waals surface area contributed by atoms with Gasteiger partial charge >= 0.3 is 0 Å². The van der Waals surface area contributed by atoms with Gasteiger partial charge in [-0.2, -0.15) is 67.3 Å². The Hall–Kier alpha value is -9.31. The Kier molecular flexibility index (Phi) is 17.7. The lowest BCUT2D eigenvalue weighted by molar-refractivity contribution is -0.114. The average molecular weight is 1440 g/mol. The number of phenolic OH excluding ortho intramolecular Hbond substituents is 3. The van der Waals surface area contributed by atoms with Crippen molar-refractivity contribution in [1.82, 2.24) is 0 Å². The van der Waals surface area contributed by atoms with Gasteiger partial charge in [-0.15, -0.1) is 40.9 Å². The lowest BCUT2D eigenvalue weighted by atomic mass is 10.0. The molecular weight excluding hydrogens is 1400 g/mol. The van der Waals surface area contributed by atoms with Crippen molar-refractivity contribution < 1.29 is 129 Å². The van der Waals surface area contributed by atoms with Crippen LogP contribution in [0.4, 0.5) is 56.9 Å². The number of nitrogens with zero attached hydrogens (tertiary/aromatic N) is 8. The maximum Gasteiger partial charge on any atom is 0.297 e. The predicted molar refractivity (Wildman–Crippen MR) is 310 cm³/mol. The minimum atomic E-state index is -5.86. The molecule has 0 atom stereocenters. The molecular formula is C45H34N10O29S8. The van der Waals surface area contributed by atoms with E-state index in [-0.39, 0.29) is 29.6 Å². The van der Waals surface area contributed by atoms with Crippen molar-refractivity contribution in [3.05, 3.63) is 84.9 Å². The third kappa shape index (κ3) is 13.9. The third-order valence-corrected chi connectivity index (χ3v) is 19.4. The molecule has 0 unspecified atom stereocenters. The van der Waals surface area contributed by atoms with Gasteiger partial charge in [0, 0.05) is 40.2 Å². The fourth-order valence-corrected chi connectivity index (χ4v) is 13.9. The van der Waals surface area contributed by atoms with Gasteiger partial charge in [0.25, 0.3) is 80.9 Å². The van der Waals surface area contributed by atoms with Crippen molar-refractivity contribution in [2.75, 3.05) is 18.2 Å². The van der Waals surface area contributed by atoms with Crippen LogP contribution in [0.15, 0.2) is 165 Å². The Labute approximate surface area is 514 Å². The number of rotatable bonds is 18. The van der Waals surface area contributed by atoms with E-state index < -0.39 is 227 Å². The molecule has 8 rings (SSSR count). The molecule has 0 aliphatic rings. The summed E-state index contributed by atoms with van der Waals surface area (Å²) in [6, 6.07) is 8.53. The maximum atomic E-state index is 13.1. The second-order valence-corrected chi connectivity index (χ2v) is 29.4. The molecule has 8 aromatic rings. The SMILES string of the molecule is COc1ccc(N=Nc2c(S(=O)(=O)O)cc3c(S(=O)(=O)O)c(N=Nc4c(S(=O)(=O)O)cc5c(S(=O)(=O)O)cc(N=Nc6cc7c(O)c(N=Nc8ccc(NC(C)=O)cc8S(=O)(=O)O)c(S(=O)(=O)O)cc7cc6S(=O)(=O)O)c(N)c5c4O)ccc3c2O)c(S(=O)(=O)O)c1. The molecule has 0 bridgehead atoms. The first-order valence-corrected chi connectivity index (χ1v) is 35.0. The van der Waals surface area contributed by atoms with E-state index in [4.69, 9.17) is 10.5 Å². The van der Waals surface area contributed by atoms with Crippen molar-refractivity contribution in [3.8, 4) is 23.0 Å². The zero-order valence-electron chi connectivity index (χ0n) is 44.8. The maximum absolute atomic E-state index is 13.1. The average Bonchev–Trinajstić information content (AvgIpc) is 0.749. The number of hydrogen-bond donors (Lipinski definition) is 13. The predicted octanol–water partition coefficient (Wildman–Crippen LogP) is 7.45. The number of nitrogen functional groups attached to an aromatic ring is 1. The number of amides is 1. The standard InChI is InChI=1S/C45H34N10O29S8/c1-17(56)47-19-3-6-25(32(11-19)87(66,67)68)48-53-39-34(89(72,73)74)10-18-9-31(86(63,64)65)28(13-22(18)43(39)58)51-52-29-16-30(85(60,61)62)24-15-36(91(78,79)80)41(44(59)37(24)38(29)46)55-50-27-8-5-21-23(45(27)92(81,82)83)14-35(90(75,76)77)40(42(21)57)54-49-26-7-4-20(84-2)12-33(26)88(69,70)71/h3-16,57-59H,46H2,1-2H3,(H,47,56)(H,60,61,62)(H,63,64,65)(H,66,67,68)(H,69,70,71)(H,72,73,74)(H,75,76,77)(H,78,79,80)(H,81,82,83). The van der Waals surface area contributed by atoms with Crippen LogP contribution in [0.5, 0.6) is 23.0 Å². The van der Waals surface area contributed by atoms with E-state index >= 15 is 0 Å². The summed E-state index contributed by atoms with van der Waals surface area (Å²) in [6.07, 6.45) is 0. The van der Waals surface area contributed by atoms with Crippen molar-refractivity contribution in [1.29, 1.82) is 0 Å². The van der Waals surface area contributed by atoms with E-state index in [9.17, 15) is 124 Å². The van der Waals surface area contributed by atoms with E-state index in [1.54, 1.807) is 0 Å². The fraction of sp³-hybridized carbons (Fsp3) is 0.0444. The van der Waals surface area contributed by atoms with Crippen molar-refractivity contribution in [3.63, 3.8) is 0 Å². The Morgan fingerprint density at radius 3 is 1.28 bits per heavy atom. The number of carbonyl (C=O) groups excluding carboxylic acids is 1. The summed E-state index contributed by atoms with van der Waals surface area (Å²) in [5.74, 6) is -5.32. The Morgan fingerprint density at radius 2 is 0.793 bits per heavy atom. The summed E-state index contributed by atoms with van der Waals surface area (Å²) >= 11 is 0. The quantitative estimate of drug-likeness (QED) is 0.0225. The Bertz CT molecular complexity index is 5730. The van der Waals surface area contributed by atoms with Gasteiger partial charge in [-0.1, -0.05) is 0 Å². The van der Waals surface area contributed by atoms with Crippen LogP contribution in [0.2, 0.25) is 0 Å². The van der Waals surface area contributed by atoms with Crippen LogP contribution in [0, 0.1) is 0 Å². The number of nitrogens with two attached hydrogens (primary N) is 1. The highest BCUT2D eigenvalue weighted by molar-refractivity contribution is 7.88. The Morgan fingerprint density at radius 1 is 0.391 bits per heavy atom. The van der Waals surface area contributed by atoms with E-state index in [0.717, 1.165) is 44.4 Å². The minimum absolute atomic E-state index is 0.156. The van der Waals surface area contributed by atoms with Gasteiger partial charge in [0.1, 0.15) is 90.4 Å². The molecule has 0 spiro atoms. The fourth-order valence-electron chi connectivity index (χ4n) is 8.48. The molecule has 14 N–H and O–H groups in total. The molecule has 47 heteroatoms. The normalized spacial score (nSPS) is 13.4. The topological polar surface area (TPSA) is 659 Å². The van der Waals surface area contributed by atoms with Crippen LogP contribution in [0.3, 0.4) is 0 Å². The number of fused-ring (bicyclic) bond motifs is 3. The molecule has 0 heterocycles. The second-order valence-electron chi connectivity index (χ2n) is 18.3. The summed E-state index contributed by atoms with van der Waals surface area (Å²) in [5, 5.41) is 59.5. The van der Waals surface area contributed by atoms with E-state index in [2.05, 4.69) is 46.2 Å². The number of aromatic hydroxyl groups is 3. The lowest BCUT2D eigenvalue weighted by Crippen LogP contribution is -2.07. The number of carbonyl (C=O) groups is 1. The molecule has 8 aromatic carbocycles. The van der Waals surface area contributed by atoms with Crippen LogP contribution >= 0.6 is 0 Å². The molecule has 0 saturated carbocycles. The Balaban J connectivity index is 1.33. The number of anilines is 2. The summed E-state index contributed by atoms with van der Waals surface area (Å²) < 4.78 is 290. The molecule has 0 aliphatic heterocycles. The zero-order chi connectivity index (χ0) is 68.7. The molecule has 0 radical (unpaired) electrons. The van der Waals surface area contributed by atoms with Crippen LogP contribution in [-0.2, 0) is 85.7 Å². The third-order valence-electron chi connectivity index (χ3n) is 12.3. The smallest absolute Gasteiger partial charge is 0.297 e. The first-order valence-electron chi connectivity index (χ1n) is 23.5. The monoisotopic (exact) mass is 1430 g/mol. The molecule has 486 valence electrons. The summed E-state index contributed by atoms with van der Waals surface area (Å²) in [5.41, 5.74) is -4.01. The van der Waals surface area contributed by atoms with E-state index in [1.807, 2.05) is 0 Å². The van der Waals surface area contributed by atoms with Crippen molar-refractivity contribution in [2.45, 2.75) is 46.1 Å². The number of methoxy groups -OCH3 is 1. The second kappa shape index (κ2) is 23.7. The molecule has 92 heavy (non-hydrogen) atoms. The van der Waals surface area contributed by atoms with Gasteiger partial charge in [0.05, 0.1) is 18.2 Å². The number of benzene rings is 8. The number of ether oxygens (including phenoxy) is 1. The van der Waals surface area contributed by atoms with Crippen molar-refractivity contribution >= 4 is 176 Å². The molecule has 0 aromatic heterocycles. The van der Waals surface area contributed by atoms with Gasteiger partial charge in [-0.25, -0.2) is 0 Å². The zero-order valence-corrected chi connectivity index (χ0v) is 51.3. The molecule has 0 saturated heterocycles. The first kappa shape index (κ1) is 68.6. The first-order chi connectivity index (χ1) is 42.1. The van der Waals surface area contributed by atoms with E-state index in [1.165, 1.54) is 0 Å². The van der Waals surface area contributed by atoms with Crippen molar-refractivity contribution in [2.24, 2.45) is 40.9 Å². The highest BCUT2D eigenvalue weighted by Crippen LogP contribution is 2.51. The lowest BCUT2D eigenvalue weighted by Gasteiger charge is -2.15. The summed E-state index contributed by atoms with van der Waals surface area (Å²) in [7, 11) is -43.7. The van der Waals surface area contributed by atoms with Crippen LogP contribution in [0.1, 0.15) is 6.92 Å².